The standard InChI is InChI=1S/C26H37N3O6/c1-7-9-21(26(33)34-6)28-24(31)22(15-17(3)4)29-25(32)23(27-18(5)30)16-19-10-12-20(13-11-19)35-14-8-2/h7-8,10-13,17,21-23H,1-2,9,14-16H2,3-6H3,(H,27,30)(H,28,31)(H,29,32)/t21-,22-,23-/m0/s1. The van der Waals surface area contributed by atoms with Crippen molar-refractivity contribution in [2.75, 3.05) is 13.7 Å². The highest BCUT2D eigenvalue weighted by atomic mass is 16.5. The number of rotatable bonds is 15. The molecule has 3 N–H and O–H groups in total. The summed E-state index contributed by atoms with van der Waals surface area (Å²) in [6, 6.07) is 4.41. The van der Waals surface area contributed by atoms with E-state index in [0.717, 1.165) is 5.56 Å². The van der Waals surface area contributed by atoms with E-state index in [9.17, 15) is 19.2 Å². The molecule has 0 radical (unpaired) electrons. The Kier molecular flexibility index (Phi) is 12.9. The third kappa shape index (κ3) is 10.9. The molecule has 0 aliphatic rings. The van der Waals surface area contributed by atoms with Gasteiger partial charge in [-0.15, -0.1) is 6.58 Å². The van der Waals surface area contributed by atoms with Crippen LogP contribution in [0.1, 0.15) is 39.2 Å². The lowest BCUT2D eigenvalue weighted by molar-refractivity contribution is -0.145. The van der Waals surface area contributed by atoms with Crippen molar-refractivity contribution in [3.8, 4) is 5.75 Å². The number of methoxy groups -OCH3 is 1. The Morgan fingerprint density at radius 2 is 1.51 bits per heavy atom. The summed E-state index contributed by atoms with van der Waals surface area (Å²) in [4.78, 5) is 49.9. The molecule has 192 valence electrons. The number of carbonyl (C=O) groups excluding carboxylic acids is 4. The topological polar surface area (TPSA) is 123 Å². The van der Waals surface area contributed by atoms with Gasteiger partial charge in [-0.25, -0.2) is 4.79 Å². The van der Waals surface area contributed by atoms with Crippen molar-refractivity contribution in [3.63, 3.8) is 0 Å². The van der Waals surface area contributed by atoms with Gasteiger partial charge in [0.25, 0.3) is 0 Å². The quantitative estimate of drug-likeness (QED) is 0.257. The summed E-state index contributed by atoms with van der Waals surface area (Å²) in [5, 5.41) is 8.01. The molecule has 0 saturated carbocycles. The normalized spacial score (nSPS) is 13.1. The van der Waals surface area contributed by atoms with E-state index in [4.69, 9.17) is 9.47 Å². The smallest absolute Gasteiger partial charge is 0.328 e. The fourth-order valence-corrected chi connectivity index (χ4v) is 3.34. The highest BCUT2D eigenvalue weighted by Gasteiger charge is 2.30. The summed E-state index contributed by atoms with van der Waals surface area (Å²) in [6.07, 6.45) is 3.87. The zero-order chi connectivity index (χ0) is 26.4. The predicted octanol–water partition coefficient (Wildman–Crippen LogP) is 2.06. The van der Waals surface area contributed by atoms with Gasteiger partial charge in [0.1, 0.15) is 30.5 Å². The largest absolute Gasteiger partial charge is 0.490 e. The summed E-state index contributed by atoms with van der Waals surface area (Å²) in [5.41, 5.74) is 0.798. The van der Waals surface area contributed by atoms with Gasteiger partial charge in [-0.05, 0) is 36.5 Å². The summed E-state index contributed by atoms with van der Waals surface area (Å²) >= 11 is 0. The van der Waals surface area contributed by atoms with E-state index >= 15 is 0 Å². The molecule has 0 aromatic heterocycles. The van der Waals surface area contributed by atoms with Crippen molar-refractivity contribution in [1.82, 2.24) is 16.0 Å². The monoisotopic (exact) mass is 487 g/mol. The van der Waals surface area contributed by atoms with E-state index in [1.54, 1.807) is 30.3 Å². The molecule has 0 aliphatic carbocycles. The lowest BCUT2D eigenvalue weighted by Crippen LogP contribution is -2.56. The average molecular weight is 488 g/mol. The maximum absolute atomic E-state index is 13.1. The van der Waals surface area contributed by atoms with Gasteiger partial charge in [-0.3, -0.25) is 14.4 Å². The second kappa shape index (κ2) is 15.3. The van der Waals surface area contributed by atoms with Crippen molar-refractivity contribution >= 4 is 23.7 Å². The molecule has 0 bridgehead atoms. The fourth-order valence-electron chi connectivity index (χ4n) is 3.34. The van der Waals surface area contributed by atoms with Crippen LogP contribution >= 0.6 is 0 Å². The lowest BCUT2D eigenvalue weighted by Gasteiger charge is -2.25. The Morgan fingerprint density at radius 3 is 2.03 bits per heavy atom. The van der Waals surface area contributed by atoms with Crippen LogP contribution in [0.4, 0.5) is 0 Å². The molecule has 3 amide bonds. The number of amides is 3. The van der Waals surface area contributed by atoms with Gasteiger partial charge in [-0.1, -0.05) is 44.7 Å². The molecule has 9 nitrogen and oxygen atoms in total. The van der Waals surface area contributed by atoms with E-state index in [1.165, 1.54) is 20.1 Å². The van der Waals surface area contributed by atoms with Crippen molar-refractivity contribution in [1.29, 1.82) is 0 Å². The Morgan fingerprint density at radius 1 is 0.914 bits per heavy atom. The van der Waals surface area contributed by atoms with Crippen LogP contribution < -0.4 is 20.7 Å². The first-order chi connectivity index (χ1) is 16.6. The van der Waals surface area contributed by atoms with E-state index < -0.39 is 35.9 Å². The van der Waals surface area contributed by atoms with Crippen molar-refractivity contribution in [2.24, 2.45) is 5.92 Å². The molecular weight excluding hydrogens is 450 g/mol. The SMILES string of the molecule is C=CCOc1ccc(C[C@H](NC(C)=O)C(=O)N[C@@H](CC(C)C)C(=O)N[C@@H](CC=C)C(=O)OC)cc1. The Bertz CT molecular complexity index is 882. The minimum Gasteiger partial charge on any atom is -0.490 e. The van der Waals surface area contributed by atoms with E-state index in [-0.39, 0.29) is 24.7 Å². The average Bonchev–Trinajstić information content (AvgIpc) is 2.81. The highest BCUT2D eigenvalue weighted by Crippen LogP contribution is 2.14. The second-order valence-electron chi connectivity index (χ2n) is 8.50. The first kappa shape index (κ1) is 29.4. The van der Waals surface area contributed by atoms with E-state index in [2.05, 4.69) is 29.1 Å². The first-order valence-electron chi connectivity index (χ1n) is 11.5. The third-order valence-electron chi connectivity index (χ3n) is 4.97. The van der Waals surface area contributed by atoms with Crippen LogP contribution in [-0.2, 0) is 30.3 Å². The van der Waals surface area contributed by atoms with Crippen molar-refractivity contribution < 1.29 is 28.7 Å². The second-order valence-corrected chi connectivity index (χ2v) is 8.50. The molecule has 0 heterocycles. The van der Waals surface area contributed by atoms with Gasteiger partial charge in [0.15, 0.2) is 0 Å². The number of ether oxygens (including phenoxy) is 2. The summed E-state index contributed by atoms with van der Waals surface area (Å²) in [6.45, 7) is 12.7. The maximum atomic E-state index is 13.1. The van der Waals surface area contributed by atoms with Gasteiger partial charge in [0, 0.05) is 13.3 Å². The molecule has 9 heteroatoms. The molecule has 3 atom stereocenters. The van der Waals surface area contributed by atoms with Crippen LogP contribution in [0.3, 0.4) is 0 Å². The zero-order valence-corrected chi connectivity index (χ0v) is 21.0. The fraction of sp³-hybridized carbons (Fsp3) is 0.462. The van der Waals surface area contributed by atoms with Gasteiger partial charge in [-0.2, -0.15) is 0 Å². The molecular formula is C26H37N3O6. The van der Waals surface area contributed by atoms with Crippen LogP contribution in [0.15, 0.2) is 49.6 Å². The maximum Gasteiger partial charge on any atom is 0.328 e. The number of benzene rings is 1. The van der Waals surface area contributed by atoms with Gasteiger partial charge < -0.3 is 25.4 Å². The van der Waals surface area contributed by atoms with Crippen LogP contribution in [0.5, 0.6) is 5.75 Å². The Labute approximate surface area is 207 Å². The first-order valence-corrected chi connectivity index (χ1v) is 11.5. The molecule has 0 spiro atoms. The van der Waals surface area contributed by atoms with Gasteiger partial charge in [0.05, 0.1) is 7.11 Å². The number of nitrogens with one attached hydrogen (secondary N) is 3. The third-order valence-corrected chi connectivity index (χ3v) is 4.97. The molecule has 0 fully saturated rings. The van der Waals surface area contributed by atoms with Crippen molar-refractivity contribution in [3.05, 3.63) is 55.1 Å². The van der Waals surface area contributed by atoms with E-state index in [1.807, 2.05) is 13.8 Å². The number of hydrogen-bond acceptors (Lipinski definition) is 6. The predicted molar refractivity (Wildman–Crippen MR) is 134 cm³/mol. The van der Waals surface area contributed by atoms with Gasteiger partial charge >= 0.3 is 5.97 Å². The highest BCUT2D eigenvalue weighted by molar-refractivity contribution is 5.93. The minimum absolute atomic E-state index is 0.0735. The van der Waals surface area contributed by atoms with Crippen LogP contribution in [0, 0.1) is 5.92 Å². The van der Waals surface area contributed by atoms with E-state index in [0.29, 0.717) is 18.8 Å². The molecule has 0 aliphatic heterocycles. The van der Waals surface area contributed by atoms with Gasteiger partial charge in [0.2, 0.25) is 17.7 Å². The van der Waals surface area contributed by atoms with Crippen LogP contribution in [-0.4, -0.2) is 55.5 Å². The summed E-state index contributed by atoms with van der Waals surface area (Å²) < 4.78 is 10.2. The number of esters is 1. The minimum atomic E-state index is -0.912. The zero-order valence-electron chi connectivity index (χ0n) is 21.0. The Hall–Kier alpha value is -3.62. The molecule has 0 unspecified atom stereocenters. The summed E-state index contributed by atoms with van der Waals surface area (Å²) in [7, 11) is 1.23. The molecule has 1 rings (SSSR count). The summed E-state index contributed by atoms with van der Waals surface area (Å²) in [5.74, 6) is -1.28. The molecule has 0 saturated heterocycles. The molecule has 1 aromatic rings. The Balaban J connectivity index is 3.01. The van der Waals surface area contributed by atoms with Crippen LogP contribution in [0.2, 0.25) is 0 Å². The van der Waals surface area contributed by atoms with Crippen LogP contribution in [0.25, 0.3) is 0 Å². The lowest BCUT2D eigenvalue weighted by atomic mass is 10.0. The van der Waals surface area contributed by atoms with Crippen molar-refractivity contribution in [2.45, 2.75) is 58.2 Å². The number of carbonyl (C=O) groups is 4. The number of hydrogen-bond donors (Lipinski definition) is 3. The molecule has 35 heavy (non-hydrogen) atoms. The molecule has 1 aromatic carbocycles.